The third kappa shape index (κ3) is 2.43. The summed E-state index contributed by atoms with van der Waals surface area (Å²) in [4.78, 5) is 12.2. The minimum absolute atomic E-state index is 0.0645. The molecule has 4 nitrogen and oxygen atoms in total. The van der Waals surface area contributed by atoms with E-state index in [0.717, 1.165) is 19.3 Å². The molecule has 0 aromatic heterocycles. The van der Waals surface area contributed by atoms with Gasteiger partial charge in [-0.15, -0.1) is 0 Å². The lowest BCUT2D eigenvalue weighted by Crippen LogP contribution is -2.68. The fraction of sp³-hybridized carbons (Fsp3) is 0.923. The molecule has 2 fully saturated rings. The van der Waals surface area contributed by atoms with E-state index < -0.39 is 0 Å². The Morgan fingerprint density at radius 1 is 1.50 bits per heavy atom. The Morgan fingerprint density at radius 2 is 2.17 bits per heavy atom. The lowest BCUT2D eigenvalue weighted by atomic mass is 9.51. The lowest BCUT2D eigenvalue weighted by Gasteiger charge is -2.48. The van der Waals surface area contributed by atoms with Crippen LogP contribution in [-0.2, 0) is 4.79 Å². The summed E-state index contributed by atoms with van der Waals surface area (Å²) < 4.78 is 0. The first-order chi connectivity index (χ1) is 8.15. The van der Waals surface area contributed by atoms with Gasteiger partial charge in [0.05, 0.1) is 6.04 Å². The molecule has 3 atom stereocenters. The minimum Gasteiger partial charge on any atom is -0.350 e. The molecule has 0 unspecified atom stereocenters. The van der Waals surface area contributed by atoms with E-state index in [1.807, 2.05) is 20.8 Å². The van der Waals surface area contributed by atoms with Crippen LogP contribution in [0.2, 0.25) is 6.32 Å². The number of piperidine rings is 1. The second kappa shape index (κ2) is 4.24. The highest BCUT2D eigenvalue weighted by atomic mass is 16.2. The van der Waals surface area contributed by atoms with Crippen LogP contribution in [0.1, 0.15) is 40.5 Å². The molecule has 4 N–H and O–H groups in total. The topological polar surface area (TPSA) is 67.2 Å². The van der Waals surface area contributed by atoms with E-state index in [4.69, 9.17) is 5.73 Å². The maximum atomic E-state index is 12.2. The minimum atomic E-state index is -0.294. The molecule has 0 bridgehead atoms. The Balaban J connectivity index is 2.05. The van der Waals surface area contributed by atoms with Crippen LogP contribution >= 0.6 is 0 Å². The maximum Gasteiger partial charge on any atom is 0.237 e. The molecule has 1 amide bonds. The van der Waals surface area contributed by atoms with E-state index in [1.165, 1.54) is 0 Å². The van der Waals surface area contributed by atoms with Gasteiger partial charge in [-0.05, 0) is 38.0 Å². The van der Waals surface area contributed by atoms with Crippen LogP contribution in [0.25, 0.3) is 0 Å². The number of fused-ring (bicyclic) bond motifs is 1. The van der Waals surface area contributed by atoms with Crippen LogP contribution in [0.15, 0.2) is 0 Å². The van der Waals surface area contributed by atoms with Gasteiger partial charge in [-0.25, -0.2) is 0 Å². The Kier molecular flexibility index (Phi) is 3.27. The summed E-state index contributed by atoms with van der Waals surface area (Å²) in [5.41, 5.74) is 6.13. The van der Waals surface area contributed by atoms with E-state index in [1.54, 1.807) is 0 Å². The number of hydrogen-bond acceptors (Lipinski definition) is 3. The third-order valence-electron chi connectivity index (χ3n) is 4.42. The van der Waals surface area contributed by atoms with Crippen LogP contribution in [0.4, 0.5) is 0 Å². The van der Waals surface area contributed by atoms with Gasteiger partial charge < -0.3 is 16.4 Å². The molecule has 5 heteroatoms. The first kappa shape index (κ1) is 13.9. The number of hydrogen-bond donors (Lipinski definition) is 3. The van der Waals surface area contributed by atoms with Gasteiger partial charge in [0, 0.05) is 12.1 Å². The normalized spacial score (nSPS) is 39.9. The molecule has 0 spiro atoms. The number of amides is 1. The second-order valence-electron chi connectivity index (χ2n) is 7.22. The molecule has 2 saturated heterocycles. The summed E-state index contributed by atoms with van der Waals surface area (Å²) in [5, 5.41) is 6.39. The van der Waals surface area contributed by atoms with Gasteiger partial charge in [0.25, 0.3) is 0 Å². The fourth-order valence-electron chi connectivity index (χ4n) is 3.11. The number of carbonyl (C=O) groups is 1. The van der Waals surface area contributed by atoms with E-state index >= 15 is 0 Å². The molecular formula is C13H25BN3O. The zero-order chi connectivity index (χ0) is 13.6. The number of nitrogens with one attached hydrogen (secondary N) is 2. The van der Waals surface area contributed by atoms with Crippen molar-refractivity contribution in [2.45, 2.75) is 63.9 Å². The van der Waals surface area contributed by atoms with Crippen molar-refractivity contribution in [1.82, 2.24) is 10.6 Å². The van der Waals surface area contributed by atoms with E-state index in [-0.39, 0.29) is 28.3 Å². The van der Waals surface area contributed by atoms with Crippen LogP contribution < -0.4 is 16.4 Å². The van der Waals surface area contributed by atoms with Crippen molar-refractivity contribution in [1.29, 1.82) is 0 Å². The van der Waals surface area contributed by atoms with Gasteiger partial charge >= 0.3 is 0 Å². The molecule has 0 aromatic rings. The summed E-state index contributed by atoms with van der Waals surface area (Å²) in [5.74, 6) is 0.0645. The maximum absolute atomic E-state index is 12.2. The zero-order valence-electron chi connectivity index (χ0n) is 12.0. The largest absolute Gasteiger partial charge is 0.350 e. The molecule has 101 valence electrons. The van der Waals surface area contributed by atoms with Gasteiger partial charge in [-0.1, -0.05) is 19.7 Å². The highest BCUT2D eigenvalue weighted by Crippen LogP contribution is 2.45. The summed E-state index contributed by atoms with van der Waals surface area (Å²) in [7, 11) is 2.21. The van der Waals surface area contributed by atoms with E-state index in [0.29, 0.717) is 6.42 Å². The van der Waals surface area contributed by atoms with Crippen molar-refractivity contribution in [3.8, 4) is 0 Å². The van der Waals surface area contributed by atoms with Crippen LogP contribution in [-0.4, -0.2) is 36.8 Å². The predicted octanol–water partition coefficient (Wildman–Crippen LogP) is 0.451. The summed E-state index contributed by atoms with van der Waals surface area (Å²) in [6, 6.07) is -0.170. The third-order valence-corrected chi connectivity index (χ3v) is 4.42. The van der Waals surface area contributed by atoms with Gasteiger partial charge in [-0.3, -0.25) is 4.79 Å². The molecule has 18 heavy (non-hydrogen) atoms. The summed E-state index contributed by atoms with van der Waals surface area (Å²) >= 11 is 0. The fourth-order valence-corrected chi connectivity index (χ4v) is 3.11. The quantitative estimate of drug-likeness (QED) is 0.592. The predicted molar refractivity (Wildman–Crippen MR) is 74.5 cm³/mol. The first-order valence-corrected chi connectivity index (χ1v) is 6.84. The Labute approximate surface area is 111 Å². The van der Waals surface area contributed by atoms with Crippen molar-refractivity contribution >= 4 is 13.2 Å². The van der Waals surface area contributed by atoms with Gasteiger partial charge in [-0.2, -0.15) is 0 Å². The number of carbonyl (C=O) groups excluding carboxylic acids is 1. The van der Waals surface area contributed by atoms with E-state index in [2.05, 4.69) is 24.8 Å². The molecule has 2 heterocycles. The van der Waals surface area contributed by atoms with Gasteiger partial charge in [0.15, 0.2) is 0 Å². The van der Waals surface area contributed by atoms with Crippen LogP contribution in [0.3, 0.4) is 0 Å². The SMILES string of the molecule is CC(C)(C)NC(=O)[C@@H]1C[C@]2(N)[B]CC[C@@]2(C)CN1. The van der Waals surface area contributed by atoms with Crippen LogP contribution in [0.5, 0.6) is 0 Å². The van der Waals surface area contributed by atoms with Gasteiger partial charge in [0.2, 0.25) is 5.91 Å². The van der Waals surface area contributed by atoms with Crippen molar-refractivity contribution in [2.24, 2.45) is 11.1 Å². The average molecular weight is 250 g/mol. The Morgan fingerprint density at radius 3 is 2.78 bits per heavy atom. The first-order valence-electron chi connectivity index (χ1n) is 6.84. The average Bonchev–Trinajstić information content (AvgIpc) is 2.50. The molecule has 1 radical (unpaired) electrons. The molecule has 0 aromatic carbocycles. The van der Waals surface area contributed by atoms with E-state index in [9.17, 15) is 4.79 Å². The number of nitrogens with two attached hydrogens (primary N) is 1. The monoisotopic (exact) mass is 250 g/mol. The molecule has 2 rings (SSSR count). The summed E-state index contributed by atoms with van der Waals surface area (Å²) in [6.45, 7) is 9.04. The lowest BCUT2D eigenvalue weighted by molar-refractivity contribution is -0.126. The van der Waals surface area contributed by atoms with Gasteiger partial charge in [0.1, 0.15) is 7.28 Å². The van der Waals surface area contributed by atoms with Crippen molar-refractivity contribution in [2.75, 3.05) is 6.54 Å². The molecule has 2 aliphatic rings. The zero-order valence-corrected chi connectivity index (χ0v) is 12.0. The highest BCUT2D eigenvalue weighted by molar-refractivity contribution is 6.42. The molecule has 0 saturated carbocycles. The number of rotatable bonds is 1. The standard InChI is InChI=1S/C13H25BN3O/c1-11(2,3)17-10(18)9-7-13(15)12(4,8-16-9)5-6-14-13/h9,16H,5-8,15H2,1-4H3,(H,17,18)/t9-,12-,13+/m0/s1. The second-order valence-corrected chi connectivity index (χ2v) is 7.22. The molecular weight excluding hydrogens is 225 g/mol. The highest BCUT2D eigenvalue weighted by Gasteiger charge is 2.53. The smallest absolute Gasteiger partial charge is 0.237 e. The van der Waals surface area contributed by atoms with Crippen LogP contribution in [0, 0.1) is 5.41 Å². The summed E-state index contributed by atoms with van der Waals surface area (Å²) in [6.07, 6.45) is 2.87. The Hall–Kier alpha value is -0.545. The molecule has 2 aliphatic heterocycles. The van der Waals surface area contributed by atoms with Crippen molar-refractivity contribution < 1.29 is 4.79 Å². The van der Waals surface area contributed by atoms with Crippen molar-refractivity contribution in [3.63, 3.8) is 0 Å². The molecule has 0 aliphatic carbocycles. The van der Waals surface area contributed by atoms with Crippen molar-refractivity contribution in [3.05, 3.63) is 0 Å². The Bertz CT molecular complexity index is 355.